The van der Waals surface area contributed by atoms with Gasteiger partial charge in [-0.15, -0.1) is 0 Å². The van der Waals surface area contributed by atoms with Crippen molar-refractivity contribution in [1.82, 2.24) is 5.32 Å². The van der Waals surface area contributed by atoms with Gasteiger partial charge in [-0.3, -0.25) is 0 Å². The minimum Gasteiger partial charge on any atom is -0.307 e. The van der Waals surface area contributed by atoms with Crippen molar-refractivity contribution in [3.63, 3.8) is 0 Å². The fourth-order valence-corrected chi connectivity index (χ4v) is 2.36. The molecule has 2 unspecified atom stereocenters. The van der Waals surface area contributed by atoms with E-state index >= 15 is 0 Å². The van der Waals surface area contributed by atoms with Crippen LogP contribution in [0.2, 0.25) is 0 Å². The lowest BCUT2D eigenvalue weighted by Crippen LogP contribution is -2.50. The van der Waals surface area contributed by atoms with E-state index in [4.69, 9.17) is 0 Å². The van der Waals surface area contributed by atoms with Crippen LogP contribution in [0.5, 0.6) is 0 Å². The van der Waals surface area contributed by atoms with Crippen molar-refractivity contribution < 1.29 is 8.78 Å². The van der Waals surface area contributed by atoms with Crippen molar-refractivity contribution >= 4 is 0 Å². The van der Waals surface area contributed by atoms with E-state index in [0.29, 0.717) is 25.3 Å². The molecule has 1 saturated carbocycles. The van der Waals surface area contributed by atoms with Crippen molar-refractivity contribution in [3.05, 3.63) is 0 Å². The second-order valence-corrected chi connectivity index (χ2v) is 4.52. The van der Waals surface area contributed by atoms with Gasteiger partial charge in [-0.2, -0.15) is 0 Å². The maximum Gasteiger partial charge on any atom is 0.256 e. The first-order valence-electron chi connectivity index (χ1n) is 5.64. The Hall–Kier alpha value is -0.180. The Balaban J connectivity index is 2.65. The summed E-state index contributed by atoms with van der Waals surface area (Å²) in [5, 5.41) is 3.01. The minimum absolute atomic E-state index is 0.606. The second kappa shape index (κ2) is 5.06. The summed E-state index contributed by atoms with van der Waals surface area (Å²) < 4.78 is 26.0. The molecular weight excluding hydrogens is 184 g/mol. The topological polar surface area (TPSA) is 12.0 Å². The molecule has 0 radical (unpaired) electrons. The molecule has 1 N–H and O–H groups in total. The first kappa shape index (κ1) is 11.9. The highest BCUT2D eigenvalue weighted by Crippen LogP contribution is 2.34. The molecule has 0 heterocycles. The van der Waals surface area contributed by atoms with Crippen LogP contribution in [0.15, 0.2) is 0 Å². The Kier molecular flexibility index (Phi) is 4.30. The van der Waals surface area contributed by atoms with Gasteiger partial charge in [0.1, 0.15) is 0 Å². The van der Waals surface area contributed by atoms with E-state index in [2.05, 4.69) is 12.2 Å². The number of alkyl halides is 2. The molecule has 0 saturated heterocycles. The molecule has 3 heteroatoms. The third kappa shape index (κ3) is 2.66. The largest absolute Gasteiger partial charge is 0.307 e. The highest BCUT2D eigenvalue weighted by molar-refractivity contribution is 4.92. The van der Waals surface area contributed by atoms with Gasteiger partial charge in [0.25, 0.3) is 6.43 Å². The first-order valence-corrected chi connectivity index (χ1v) is 5.64. The predicted octanol–water partition coefficient (Wildman–Crippen LogP) is 3.20. The number of nitrogens with one attached hydrogen (secondary N) is 1. The Morgan fingerprint density at radius 3 is 2.64 bits per heavy atom. The van der Waals surface area contributed by atoms with Crippen molar-refractivity contribution in [3.8, 4) is 0 Å². The van der Waals surface area contributed by atoms with Crippen LogP contribution in [-0.4, -0.2) is 18.5 Å². The summed E-state index contributed by atoms with van der Waals surface area (Å²) in [5.41, 5.74) is -0.889. The Morgan fingerprint density at radius 2 is 2.07 bits per heavy atom. The zero-order valence-electron chi connectivity index (χ0n) is 9.15. The van der Waals surface area contributed by atoms with Gasteiger partial charge in [-0.1, -0.05) is 26.7 Å². The minimum atomic E-state index is -2.23. The van der Waals surface area contributed by atoms with Crippen LogP contribution < -0.4 is 5.32 Å². The van der Waals surface area contributed by atoms with Gasteiger partial charge in [0, 0.05) is 0 Å². The molecule has 1 fully saturated rings. The summed E-state index contributed by atoms with van der Waals surface area (Å²) in [6, 6.07) is 0. The molecule has 1 aliphatic carbocycles. The lowest BCUT2D eigenvalue weighted by molar-refractivity contribution is 0.0204. The second-order valence-electron chi connectivity index (χ2n) is 4.52. The SMILES string of the molecule is CCNC1(C(F)F)CCCC(C)CC1. The van der Waals surface area contributed by atoms with Crippen LogP contribution in [0.25, 0.3) is 0 Å². The fraction of sp³-hybridized carbons (Fsp3) is 1.00. The zero-order chi connectivity index (χ0) is 10.6. The quantitative estimate of drug-likeness (QED) is 0.698. The molecule has 84 valence electrons. The number of rotatable bonds is 3. The van der Waals surface area contributed by atoms with Crippen LogP contribution in [0.1, 0.15) is 46.0 Å². The summed E-state index contributed by atoms with van der Waals surface area (Å²) in [4.78, 5) is 0. The monoisotopic (exact) mass is 205 g/mol. The van der Waals surface area contributed by atoms with Crippen LogP contribution in [0, 0.1) is 5.92 Å². The van der Waals surface area contributed by atoms with Gasteiger partial charge >= 0.3 is 0 Å². The average Bonchev–Trinajstić information content (AvgIpc) is 2.30. The molecule has 2 atom stereocenters. The summed E-state index contributed by atoms with van der Waals surface area (Å²) in [5.74, 6) is 0.606. The third-order valence-electron chi connectivity index (χ3n) is 3.35. The fourth-order valence-electron chi connectivity index (χ4n) is 2.36. The summed E-state index contributed by atoms with van der Waals surface area (Å²) in [6.45, 7) is 4.70. The number of hydrogen-bond acceptors (Lipinski definition) is 1. The van der Waals surface area contributed by atoms with Crippen LogP contribution in [0.3, 0.4) is 0 Å². The molecule has 0 aromatic carbocycles. The highest BCUT2D eigenvalue weighted by Gasteiger charge is 2.39. The van der Waals surface area contributed by atoms with Crippen LogP contribution >= 0.6 is 0 Å². The van der Waals surface area contributed by atoms with E-state index in [9.17, 15) is 8.78 Å². The molecule has 0 amide bonds. The van der Waals surface area contributed by atoms with E-state index in [1.165, 1.54) is 0 Å². The van der Waals surface area contributed by atoms with Gasteiger partial charge < -0.3 is 5.32 Å². The molecule has 0 aliphatic heterocycles. The zero-order valence-corrected chi connectivity index (χ0v) is 9.15. The molecule has 0 aromatic rings. The predicted molar refractivity (Wildman–Crippen MR) is 54.7 cm³/mol. The van der Waals surface area contributed by atoms with Crippen LogP contribution in [0.4, 0.5) is 8.78 Å². The highest BCUT2D eigenvalue weighted by atomic mass is 19.3. The lowest BCUT2D eigenvalue weighted by Gasteiger charge is -2.32. The van der Waals surface area contributed by atoms with Crippen LogP contribution in [-0.2, 0) is 0 Å². The lowest BCUT2D eigenvalue weighted by atomic mass is 9.90. The van der Waals surface area contributed by atoms with Crippen molar-refractivity contribution in [1.29, 1.82) is 0 Å². The van der Waals surface area contributed by atoms with Crippen molar-refractivity contribution in [2.75, 3.05) is 6.54 Å². The Labute approximate surface area is 85.3 Å². The average molecular weight is 205 g/mol. The summed E-state index contributed by atoms with van der Waals surface area (Å²) >= 11 is 0. The number of hydrogen-bond donors (Lipinski definition) is 1. The molecule has 14 heavy (non-hydrogen) atoms. The third-order valence-corrected chi connectivity index (χ3v) is 3.35. The smallest absolute Gasteiger partial charge is 0.256 e. The molecular formula is C11H21F2N. The molecule has 0 spiro atoms. The number of halogens is 2. The van der Waals surface area contributed by atoms with E-state index in [0.717, 1.165) is 19.3 Å². The first-order chi connectivity index (χ1) is 6.60. The van der Waals surface area contributed by atoms with Crippen molar-refractivity contribution in [2.24, 2.45) is 5.92 Å². The van der Waals surface area contributed by atoms with Gasteiger partial charge in [-0.25, -0.2) is 8.78 Å². The van der Waals surface area contributed by atoms with Gasteiger partial charge in [0.2, 0.25) is 0 Å². The standard InChI is InChI=1S/C11H21F2N/c1-3-14-11(10(12)13)7-4-5-9(2)6-8-11/h9-10,14H,3-8H2,1-2H3. The summed E-state index contributed by atoms with van der Waals surface area (Å²) in [6.07, 6.45) is 1.98. The van der Waals surface area contributed by atoms with Crippen molar-refractivity contribution in [2.45, 2.75) is 57.9 Å². The van der Waals surface area contributed by atoms with E-state index in [-0.39, 0.29) is 0 Å². The molecule has 1 aliphatic rings. The maximum atomic E-state index is 13.0. The van der Waals surface area contributed by atoms with E-state index < -0.39 is 12.0 Å². The Bertz CT molecular complexity index is 173. The maximum absolute atomic E-state index is 13.0. The summed E-state index contributed by atoms with van der Waals surface area (Å²) in [7, 11) is 0. The van der Waals surface area contributed by atoms with E-state index in [1.807, 2.05) is 6.92 Å². The molecule has 0 bridgehead atoms. The molecule has 1 nitrogen and oxygen atoms in total. The van der Waals surface area contributed by atoms with E-state index in [1.54, 1.807) is 0 Å². The molecule has 1 rings (SSSR count). The van der Waals surface area contributed by atoms with Gasteiger partial charge in [0.05, 0.1) is 5.54 Å². The molecule has 0 aromatic heterocycles. The normalized spacial score (nSPS) is 34.5. The van der Waals surface area contributed by atoms with Gasteiger partial charge in [-0.05, 0) is 31.7 Å². The Morgan fingerprint density at radius 1 is 1.36 bits per heavy atom. The van der Waals surface area contributed by atoms with Gasteiger partial charge in [0.15, 0.2) is 0 Å².